The van der Waals surface area contributed by atoms with Crippen molar-refractivity contribution in [3.63, 3.8) is 0 Å². The maximum Gasteiger partial charge on any atom is 0.101 e. The molecule has 0 spiro atoms. The van der Waals surface area contributed by atoms with Crippen LogP contribution in [-0.2, 0) is 0 Å². The van der Waals surface area contributed by atoms with E-state index in [-0.39, 0.29) is 6.04 Å². The summed E-state index contributed by atoms with van der Waals surface area (Å²) in [6.45, 7) is 6.41. The Bertz CT molecular complexity index is 995. The molecule has 0 saturated carbocycles. The molecule has 0 aliphatic carbocycles. The highest BCUT2D eigenvalue weighted by Crippen LogP contribution is 2.31. The number of pyridine rings is 2. The second-order valence-electron chi connectivity index (χ2n) is 7.73. The number of anilines is 1. The molecule has 3 atom stereocenters. The lowest BCUT2D eigenvalue weighted by Crippen LogP contribution is -2.49. The molecule has 3 heterocycles. The third-order valence-electron chi connectivity index (χ3n) is 5.48. The molecule has 1 fully saturated rings. The minimum atomic E-state index is 0.206. The SMILES string of the molecule is CC(N[C@@H]1C[C@H](C)CN(c2ccc(C#N)c3ncccc23)C1)c1ccccn1. The van der Waals surface area contributed by atoms with E-state index in [4.69, 9.17) is 0 Å². The molecule has 3 aromatic rings. The van der Waals surface area contributed by atoms with E-state index in [0.717, 1.165) is 41.8 Å². The van der Waals surface area contributed by atoms with Gasteiger partial charge in [0.2, 0.25) is 0 Å². The first kappa shape index (κ1) is 18.4. The van der Waals surface area contributed by atoms with E-state index in [1.165, 1.54) is 0 Å². The number of nitrogens with one attached hydrogen (secondary N) is 1. The van der Waals surface area contributed by atoms with Gasteiger partial charge in [0.1, 0.15) is 6.07 Å². The van der Waals surface area contributed by atoms with E-state index >= 15 is 0 Å². The van der Waals surface area contributed by atoms with Crippen molar-refractivity contribution in [1.82, 2.24) is 15.3 Å². The Morgan fingerprint density at radius 2 is 1.96 bits per heavy atom. The van der Waals surface area contributed by atoms with Crippen LogP contribution in [0.5, 0.6) is 0 Å². The molecule has 0 amide bonds. The van der Waals surface area contributed by atoms with Gasteiger partial charge in [-0.1, -0.05) is 13.0 Å². The Morgan fingerprint density at radius 3 is 2.75 bits per heavy atom. The number of rotatable bonds is 4. The number of aromatic nitrogens is 2. The van der Waals surface area contributed by atoms with Gasteiger partial charge >= 0.3 is 0 Å². The first-order valence-electron chi connectivity index (χ1n) is 9.85. The largest absolute Gasteiger partial charge is 0.369 e. The van der Waals surface area contributed by atoms with Gasteiger partial charge in [0, 0.05) is 48.6 Å². The van der Waals surface area contributed by atoms with Crippen LogP contribution in [0.3, 0.4) is 0 Å². The Balaban J connectivity index is 1.59. The molecule has 4 rings (SSSR count). The number of benzene rings is 1. The quantitative estimate of drug-likeness (QED) is 0.749. The molecule has 5 heteroatoms. The molecule has 5 nitrogen and oxygen atoms in total. The Kier molecular flexibility index (Phi) is 5.23. The molecular weight excluding hydrogens is 346 g/mol. The number of nitrogens with zero attached hydrogens (tertiary/aromatic N) is 4. The molecule has 0 bridgehead atoms. The van der Waals surface area contributed by atoms with Crippen molar-refractivity contribution < 1.29 is 0 Å². The van der Waals surface area contributed by atoms with Crippen molar-refractivity contribution in [3.8, 4) is 6.07 Å². The van der Waals surface area contributed by atoms with Gasteiger partial charge in [-0.15, -0.1) is 0 Å². The van der Waals surface area contributed by atoms with Crippen molar-refractivity contribution in [3.05, 3.63) is 66.1 Å². The van der Waals surface area contributed by atoms with Crippen LogP contribution in [0.2, 0.25) is 0 Å². The summed E-state index contributed by atoms with van der Waals surface area (Å²) in [4.78, 5) is 11.4. The van der Waals surface area contributed by atoms with E-state index in [2.05, 4.69) is 58.3 Å². The van der Waals surface area contributed by atoms with Crippen LogP contribution in [0.4, 0.5) is 5.69 Å². The van der Waals surface area contributed by atoms with Crippen molar-refractivity contribution in [2.75, 3.05) is 18.0 Å². The minimum absolute atomic E-state index is 0.206. The molecule has 1 aliphatic heterocycles. The van der Waals surface area contributed by atoms with Crippen LogP contribution in [-0.4, -0.2) is 29.1 Å². The number of fused-ring (bicyclic) bond motifs is 1. The van der Waals surface area contributed by atoms with Gasteiger partial charge in [-0.3, -0.25) is 9.97 Å². The Labute approximate surface area is 166 Å². The molecule has 1 saturated heterocycles. The minimum Gasteiger partial charge on any atom is -0.369 e. The van der Waals surface area contributed by atoms with Crippen LogP contribution >= 0.6 is 0 Å². The smallest absolute Gasteiger partial charge is 0.101 e. The highest BCUT2D eigenvalue weighted by Gasteiger charge is 2.27. The molecule has 1 aliphatic rings. The fourth-order valence-electron chi connectivity index (χ4n) is 4.26. The summed E-state index contributed by atoms with van der Waals surface area (Å²) in [5, 5.41) is 14.2. The van der Waals surface area contributed by atoms with Crippen LogP contribution in [0.25, 0.3) is 10.9 Å². The van der Waals surface area contributed by atoms with Crippen molar-refractivity contribution in [1.29, 1.82) is 5.26 Å². The molecule has 0 radical (unpaired) electrons. The molecule has 28 heavy (non-hydrogen) atoms. The maximum atomic E-state index is 9.41. The number of nitriles is 1. The van der Waals surface area contributed by atoms with Crippen LogP contribution < -0.4 is 10.2 Å². The predicted octanol–water partition coefficient (Wildman–Crippen LogP) is 4.07. The summed E-state index contributed by atoms with van der Waals surface area (Å²) in [5.74, 6) is 0.574. The maximum absolute atomic E-state index is 9.41. The molecule has 1 unspecified atom stereocenters. The standard InChI is InChI=1S/C23H25N5/c1-16-12-19(27-17(2)21-7-3-4-10-25-21)15-28(14-16)22-9-8-18(13-24)23-20(22)6-5-11-26-23/h3-11,16-17,19,27H,12,14-15H2,1-2H3/t16-,17?,19+/m0/s1. The van der Waals surface area contributed by atoms with Crippen LogP contribution in [0.1, 0.15) is 37.6 Å². The fraction of sp³-hybridized carbons (Fsp3) is 0.348. The average Bonchev–Trinajstić information content (AvgIpc) is 2.73. The van der Waals surface area contributed by atoms with Gasteiger partial charge in [-0.2, -0.15) is 5.26 Å². The number of piperidine rings is 1. The summed E-state index contributed by atoms with van der Waals surface area (Å²) >= 11 is 0. The second kappa shape index (κ2) is 7.95. The number of hydrogen-bond acceptors (Lipinski definition) is 5. The van der Waals surface area contributed by atoms with E-state index < -0.39 is 0 Å². The lowest BCUT2D eigenvalue weighted by Gasteiger charge is -2.39. The lowest BCUT2D eigenvalue weighted by atomic mass is 9.94. The molecule has 1 aromatic carbocycles. The predicted molar refractivity (Wildman–Crippen MR) is 112 cm³/mol. The van der Waals surface area contributed by atoms with Gasteiger partial charge in [0.15, 0.2) is 0 Å². The summed E-state index contributed by atoms with van der Waals surface area (Å²) in [5.41, 5.74) is 3.64. The van der Waals surface area contributed by atoms with Gasteiger partial charge < -0.3 is 10.2 Å². The second-order valence-corrected chi connectivity index (χ2v) is 7.73. The normalized spacial score (nSPS) is 20.7. The fourth-order valence-corrected chi connectivity index (χ4v) is 4.26. The lowest BCUT2D eigenvalue weighted by molar-refractivity contribution is 0.328. The highest BCUT2D eigenvalue weighted by atomic mass is 15.2. The highest BCUT2D eigenvalue weighted by molar-refractivity contribution is 5.95. The zero-order valence-electron chi connectivity index (χ0n) is 16.3. The first-order valence-corrected chi connectivity index (χ1v) is 9.85. The Morgan fingerprint density at radius 1 is 1.11 bits per heavy atom. The Hall–Kier alpha value is -2.97. The molecular formula is C23H25N5. The monoisotopic (exact) mass is 371 g/mol. The van der Waals surface area contributed by atoms with E-state index in [9.17, 15) is 5.26 Å². The van der Waals surface area contributed by atoms with Crippen molar-refractivity contribution in [2.45, 2.75) is 32.4 Å². The van der Waals surface area contributed by atoms with Crippen LogP contribution in [0.15, 0.2) is 54.9 Å². The summed E-state index contributed by atoms with van der Waals surface area (Å²) < 4.78 is 0. The first-order chi connectivity index (χ1) is 13.7. The van der Waals surface area contributed by atoms with E-state index in [0.29, 0.717) is 17.5 Å². The topological polar surface area (TPSA) is 64.8 Å². The van der Waals surface area contributed by atoms with E-state index in [1.807, 2.05) is 30.5 Å². The zero-order chi connectivity index (χ0) is 19.5. The third kappa shape index (κ3) is 3.69. The average molecular weight is 371 g/mol. The molecule has 2 aromatic heterocycles. The van der Waals surface area contributed by atoms with Gasteiger partial charge in [-0.25, -0.2) is 0 Å². The van der Waals surface area contributed by atoms with Gasteiger partial charge in [0.25, 0.3) is 0 Å². The van der Waals surface area contributed by atoms with Crippen LogP contribution in [0, 0.1) is 17.2 Å². The third-order valence-corrected chi connectivity index (χ3v) is 5.48. The van der Waals surface area contributed by atoms with E-state index in [1.54, 1.807) is 6.20 Å². The molecule has 142 valence electrons. The van der Waals surface area contributed by atoms with Crippen molar-refractivity contribution >= 4 is 16.6 Å². The summed E-state index contributed by atoms with van der Waals surface area (Å²) in [7, 11) is 0. The summed E-state index contributed by atoms with van der Waals surface area (Å²) in [6.07, 6.45) is 4.74. The van der Waals surface area contributed by atoms with Crippen molar-refractivity contribution in [2.24, 2.45) is 5.92 Å². The zero-order valence-corrected chi connectivity index (χ0v) is 16.3. The van der Waals surface area contributed by atoms with Gasteiger partial charge in [-0.05, 0) is 55.7 Å². The number of hydrogen-bond donors (Lipinski definition) is 1. The summed E-state index contributed by atoms with van der Waals surface area (Å²) in [6, 6.07) is 16.9. The molecule has 1 N–H and O–H groups in total. The van der Waals surface area contributed by atoms with Gasteiger partial charge in [0.05, 0.1) is 16.8 Å².